The lowest BCUT2D eigenvalue weighted by Gasteiger charge is -2.20. The zero-order chi connectivity index (χ0) is 13.0. The number of amides is 1. The van der Waals surface area contributed by atoms with Crippen LogP contribution in [0.25, 0.3) is 0 Å². The van der Waals surface area contributed by atoms with Gasteiger partial charge >= 0.3 is 0 Å². The molecule has 5 nitrogen and oxygen atoms in total. The van der Waals surface area contributed by atoms with Crippen molar-refractivity contribution in [3.8, 4) is 0 Å². The molecule has 0 unspecified atom stereocenters. The number of hydrogen-bond donors (Lipinski definition) is 2. The zero-order valence-corrected chi connectivity index (χ0v) is 10.3. The first kappa shape index (κ1) is 12.2. The number of nitrogen functional groups attached to an aromatic ring is 1. The van der Waals surface area contributed by atoms with E-state index in [1.165, 1.54) is 0 Å². The Labute approximate surface area is 106 Å². The predicted octanol–water partition coefficient (Wildman–Crippen LogP) is 1.65. The first-order valence-electron chi connectivity index (χ1n) is 5.84. The summed E-state index contributed by atoms with van der Waals surface area (Å²) in [6.45, 7) is 3.06. The van der Waals surface area contributed by atoms with Crippen molar-refractivity contribution in [2.45, 2.75) is 13.5 Å². The number of rotatable bonds is 4. The Morgan fingerprint density at radius 3 is 2.78 bits per heavy atom. The van der Waals surface area contributed by atoms with Crippen molar-refractivity contribution in [1.82, 2.24) is 15.1 Å². The molecule has 3 N–H and O–H groups in total. The van der Waals surface area contributed by atoms with E-state index >= 15 is 0 Å². The van der Waals surface area contributed by atoms with Crippen LogP contribution in [0.1, 0.15) is 23.0 Å². The molecule has 0 saturated heterocycles. The maximum atomic E-state index is 12.2. The van der Waals surface area contributed by atoms with Gasteiger partial charge in [-0.1, -0.05) is 18.2 Å². The Hall–Kier alpha value is -2.30. The quantitative estimate of drug-likeness (QED) is 0.803. The van der Waals surface area contributed by atoms with Crippen LogP contribution in [0.4, 0.5) is 5.69 Å². The molecular weight excluding hydrogens is 228 g/mol. The van der Waals surface area contributed by atoms with Crippen LogP contribution in [0, 0.1) is 0 Å². The molecule has 0 aliphatic rings. The van der Waals surface area contributed by atoms with Crippen molar-refractivity contribution < 1.29 is 4.79 Å². The highest BCUT2D eigenvalue weighted by atomic mass is 16.2. The summed E-state index contributed by atoms with van der Waals surface area (Å²) in [6, 6.07) is 9.23. The van der Waals surface area contributed by atoms with Crippen LogP contribution in [0.15, 0.2) is 36.5 Å². The molecule has 0 fully saturated rings. The molecule has 5 heteroatoms. The van der Waals surface area contributed by atoms with Crippen LogP contribution in [-0.4, -0.2) is 27.5 Å². The topological polar surface area (TPSA) is 75.0 Å². The first-order valence-corrected chi connectivity index (χ1v) is 5.84. The Balaban J connectivity index is 2.15. The van der Waals surface area contributed by atoms with E-state index in [2.05, 4.69) is 10.2 Å². The standard InChI is InChI=1S/C13H16N4O/c1-2-17(13(18)12-7-8-15-16-12)9-10-5-3-4-6-11(10)14/h3-8H,2,9,14H2,1H3,(H,15,16). The van der Waals surface area contributed by atoms with Crippen LogP contribution in [-0.2, 0) is 6.54 Å². The third-order valence-corrected chi connectivity index (χ3v) is 2.82. The minimum atomic E-state index is -0.0711. The smallest absolute Gasteiger partial charge is 0.272 e. The van der Waals surface area contributed by atoms with Crippen molar-refractivity contribution in [1.29, 1.82) is 0 Å². The molecule has 18 heavy (non-hydrogen) atoms. The van der Waals surface area contributed by atoms with Gasteiger partial charge in [-0.3, -0.25) is 9.89 Å². The first-order chi connectivity index (χ1) is 8.72. The third kappa shape index (κ3) is 2.51. The van der Waals surface area contributed by atoms with Crippen LogP contribution in [0.2, 0.25) is 0 Å². The van der Waals surface area contributed by atoms with E-state index in [9.17, 15) is 4.79 Å². The number of benzene rings is 1. The summed E-state index contributed by atoms with van der Waals surface area (Å²) < 4.78 is 0. The Bertz CT molecular complexity index is 522. The number of hydrogen-bond acceptors (Lipinski definition) is 3. The number of nitrogens with two attached hydrogens (primary N) is 1. The second kappa shape index (κ2) is 5.35. The molecule has 0 aliphatic heterocycles. The number of H-pyrrole nitrogens is 1. The maximum Gasteiger partial charge on any atom is 0.272 e. The van der Waals surface area contributed by atoms with E-state index in [0.717, 1.165) is 5.56 Å². The van der Waals surface area contributed by atoms with Crippen molar-refractivity contribution in [3.63, 3.8) is 0 Å². The fourth-order valence-electron chi connectivity index (χ4n) is 1.76. The van der Waals surface area contributed by atoms with Crippen molar-refractivity contribution in [2.24, 2.45) is 0 Å². The Morgan fingerprint density at radius 1 is 1.39 bits per heavy atom. The number of para-hydroxylation sites is 1. The van der Waals surface area contributed by atoms with E-state index in [0.29, 0.717) is 24.5 Å². The summed E-state index contributed by atoms with van der Waals surface area (Å²) in [6.07, 6.45) is 1.57. The second-order valence-electron chi connectivity index (χ2n) is 3.99. The van der Waals surface area contributed by atoms with Gasteiger partial charge in [-0.05, 0) is 24.6 Å². The van der Waals surface area contributed by atoms with Gasteiger partial charge in [-0.2, -0.15) is 5.10 Å². The van der Waals surface area contributed by atoms with Gasteiger partial charge in [0.2, 0.25) is 0 Å². The van der Waals surface area contributed by atoms with Crippen LogP contribution < -0.4 is 5.73 Å². The van der Waals surface area contributed by atoms with Gasteiger partial charge in [0.1, 0.15) is 5.69 Å². The number of carbonyl (C=O) groups excluding carboxylic acids is 1. The fraction of sp³-hybridized carbons (Fsp3) is 0.231. The van der Waals surface area contributed by atoms with Gasteiger partial charge in [-0.25, -0.2) is 0 Å². The largest absolute Gasteiger partial charge is 0.398 e. The highest BCUT2D eigenvalue weighted by molar-refractivity contribution is 5.92. The SMILES string of the molecule is CCN(Cc1ccccc1N)C(=O)c1ccn[nH]1. The number of nitrogens with one attached hydrogen (secondary N) is 1. The predicted molar refractivity (Wildman–Crippen MR) is 69.9 cm³/mol. The Kier molecular flexibility index (Phi) is 3.62. The molecule has 0 atom stereocenters. The molecule has 2 rings (SSSR count). The molecule has 1 amide bonds. The van der Waals surface area contributed by atoms with Crippen LogP contribution in [0.3, 0.4) is 0 Å². The fourth-order valence-corrected chi connectivity index (χ4v) is 1.76. The van der Waals surface area contributed by atoms with E-state index in [1.54, 1.807) is 17.2 Å². The van der Waals surface area contributed by atoms with E-state index in [4.69, 9.17) is 5.73 Å². The summed E-state index contributed by atoms with van der Waals surface area (Å²) >= 11 is 0. The van der Waals surface area contributed by atoms with E-state index < -0.39 is 0 Å². The maximum absolute atomic E-state index is 12.2. The number of aromatic amines is 1. The number of carbonyl (C=O) groups is 1. The van der Waals surface area contributed by atoms with Crippen LogP contribution >= 0.6 is 0 Å². The summed E-state index contributed by atoms with van der Waals surface area (Å²) in [5.41, 5.74) is 8.03. The Morgan fingerprint density at radius 2 is 2.17 bits per heavy atom. The van der Waals surface area contributed by atoms with Crippen LogP contribution in [0.5, 0.6) is 0 Å². The lowest BCUT2D eigenvalue weighted by Crippen LogP contribution is -2.30. The summed E-state index contributed by atoms with van der Waals surface area (Å²) in [4.78, 5) is 13.9. The summed E-state index contributed by atoms with van der Waals surface area (Å²) in [5, 5.41) is 6.47. The number of aromatic nitrogens is 2. The van der Waals surface area contributed by atoms with Crippen molar-refractivity contribution >= 4 is 11.6 Å². The van der Waals surface area contributed by atoms with E-state index in [-0.39, 0.29) is 5.91 Å². The lowest BCUT2D eigenvalue weighted by molar-refractivity contribution is 0.0747. The number of anilines is 1. The lowest BCUT2D eigenvalue weighted by atomic mass is 10.1. The minimum absolute atomic E-state index is 0.0711. The van der Waals surface area contributed by atoms with Gasteiger partial charge < -0.3 is 10.6 Å². The molecule has 1 aromatic heterocycles. The monoisotopic (exact) mass is 244 g/mol. The molecule has 94 valence electrons. The third-order valence-electron chi connectivity index (χ3n) is 2.82. The molecule has 0 bridgehead atoms. The molecule has 0 saturated carbocycles. The molecule has 1 aromatic carbocycles. The average molecular weight is 244 g/mol. The van der Waals surface area contributed by atoms with Gasteiger partial charge in [0.15, 0.2) is 0 Å². The normalized spacial score (nSPS) is 10.3. The molecule has 0 spiro atoms. The molecule has 2 aromatic rings. The summed E-state index contributed by atoms with van der Waals surface area (Å²) in [5.74, 6) is -0.0711. The van der Waals surface area contributed by atoms with E-state index in [1.807, 2.05) is 31.2 Å². The van der Waals surface area contributed by atoms with Gasteiger partial charge in [0.05, 0.1) is 0 Å². The average Bonchev–Trinajstić information content (AvgIpc) is 2.91. The molecular formula is C13H16N4O. The highest BCUT2D eigenvalue weighted by Gasteiger charge is 2.16. The molecule has 0 aliphatic carbocycles. The second-order valence-corrected chi connectivity index (χ2v) is 3.99. The molecule has 0 radical (unpaired) electrons. The zero-order valence-electron chi connectivity index (χ0n) is 10.3. The van der Waals surface area contributed by atoms with Gasteiger partial charge in [0.25, 0.3) is 5.91 Å². The van der Waals surface area contributed by atoms with Gasteiger partial charge in [0, 0.05) is 25.0 Å². The number of nitrogens with zero attached hydrogens (tertiary/aromatic N) is 2. The highest BCUT2D eigenvalue weighted by Crippen LogP contribution is 2.14. The van der Waals surface area contributed by atoms with Gasteiger partial charge in [-0.15, -0.1) is 0 Å². The van der Waals surface area contributed by atoms with Crippen molar-refractivity contribution in [3.05, 3.63) is 47.8 Å². The minimum Gasteiger partial charge on any atom is -0.398 e. The van der Waals surface area contributed by atoms with Crippen molar-refractivity contribution in [2.75, 3.05) is 12.3 Å². The summed E-state index contributed by atoms with van der Waals surface area (Å²) in [7, 11) is 0. The molecule has 1 heterocycles.